The number of amides is 1. The van der Waals surface area contributed by atoms with E-state index in [0.717, 1.165) is 24.6 Å². The first-order chi connectivity index (χ1) is 13.1. The van der Waals surface area contributed by atoms with E-state index < -0.39 is 0 Å². The molecule has 3 N–H and O–H groups in total. The van der Waals surface area contributed by atoms with E-state index in [2.05, 4.69) is 37.0 Å². The summed E-state index contributed by atoms with van der Waals surface area (Å²) in [5.74, 6) is -0.736. The number of rotatable bonds is 8. The SMILES string of the molecule is CCN(CCNC)c1sncc1NC(=O)c1cc(-c2ccccc2F)n[nH]1. The van der Waals surface area contributed by atoms with Crippen molar-refractivity contribution in [3.63, 3.8) is 0 Å². The minimum absolute atomic E-state index is 0.253. The number of likely N-dealkylation sites (N-methyl/N-ethyl adjacent to an activating group) is 2. The minimum atomic E-state index is -0.386. The molecule has 27 heavy (non-hydrogen) atoms. The summed E-state index contributed by atoms with van der Waals surface area (Å²) in [6.07, 6.45) is 1.63. The maximum atomic E-state index is 13.9. The smallest absolute Gasteiger partial charge is 0.273 e. The monoisotopic (exact) mass is 388 g/mol. The normalized spacial score (nSPS) is 10.8. The van der Waals surface area contributed by atoms with Gasteiger partial charge in [-0.25, -0.2) is 4.39 Å². The largest absolute Gasteiger partial charge is 0.359 e. The zero-order valence-electron chi connectivity index (χ0n) is 15.1. The van der Waals surface area contributed by atoms with E-state index in [4.69, 9.17) is 0 Å². The summed E-state index contributed by atoms with van der Waals surface area (Å²) in [6.45, 7) is 4.48. The lowest BCUT2D eigenvalue weighted by Gasteiger charge is -2.22. The molecule has 0 aliphatic carbocycles. The van der Waals surface area contributed by atoms with Gasteiger partial charge in [-0.2, -0.15) is 9.47 Å². The van der Waals surface area contributed by atoms with Crippen molar-refractivity contribution in [3.8, 4) is 11.3 Å². The molecule has 142 valence electrons. The fraction of sp³-hybridized carbons (Fsp3) is 0.278. The summed E-state index contributed by atoms with van der Waals surface area (Å²) >= 11 is 1.33. The van der Waals surface area contributed by atoms with Crippen molar-refractivity contribution < 1.29 is 9.18 Å². The number of aromatic nitrogens is 3. The van der Waals surface area contributed by atoms with Crippen LogP contribution >= 0.6 is 11.5 Å². The maximum Gasteiger partial charge on any atom is 0.273 e. The second kappa shape index (κ2) is 8.74. The van der Waals surface area contributed by atoms with Gasteiger partial charge in [0.2, 0.25) is 0 Å². The second-order valence-electron chi connectivity index (χ2n) is 5.83. The Hall–Kier alpha value is -2.78. The van der Waals surface area contributed by atoms with E-state index in [1.165, 1.54) is 23.7 Å². The molecule has 0 saturated heterocycles. The van der Waals surface area contributed by atoms with E-state index in [9.17, 15) is 9.18 Å². The molecule has 0 fully saturated rings. The van der Waals surface area contributed by atoms with Crippen molar-refractivity contribution in [2.24, 2.45) is 0 Å². The van der Waals surface area contributed by atoms with Crippen LogP contribution in [0.3, 0.4) is 0 Å². The van der Waals surface area contributed by atoms with Crippen LogP contribution < -0.4 is 15.5 Å². The highest BCUT2D eigenvalue weighted by Crippen LogP contribution is 2.30. The number of hydrogen-bond acceptors (Lipinski definition) is 6. The lowest BCUT2D eigenvalue weighted by Crippen LogP contribution is -2.30. The van der Waals surface area contributed by atoms with Gasteiger partial charge >= 0.3 is 0 Å². The highest BCUT2D eigenvalue weighted by Gasteiger charge is 2.18. The number of hydrogen-bond donors (Lipinski definition) is 3. The van der Waals surface area contributed by atoms with Gasteiger partial charge in [0.1, 0.15) is 16.5 Å². The molecule has 0 saturated carbocycles. The molecule has 0 spiro atoms. The number of halogens is 1. The molecule has 3 aromatic rings. The molecule has 2 aromatic heterocycles. The van der Waals surface area contributed by atoms with Crippen molar-refractivity contribution in [1.82, 2.24) is 19.9 Å². The van der Waals surface area contributed by atoms with Crippen molar-refractivity contribution >= 4 is 28.1 Å². The topological polar surface area (TPSA) is 85.9 Å². The zero-order chi connectivity index (χ0) is 19.2. The Morgan fingerprint density at radius 3 is 2.93 bits per heavy atom. The first-order valence-electron chi connectivity index (χ1n) is 8.60. The third kappa shape index (κ3) is 4.32. The lowest BCUT2D eigenvalue weighted by molar-refractivity contribution is 0.102. The number of carbonyl (C=O) groups excluding carboxylic acids is 1. The summed E-state index contributed by atoms with van der Waals surface area (Å²) < 4.78 is 18.1. The number of nitrogens with zero attached hydrogens (tertiary/aromatic N) is 3. The maximum absolute atomic E-state index is 13.9. The molecule has 0 unspecified atom stereocenters. The van der Waals surface area contributed by atoms with Crippen LogP contribution in [0.2, 0.25) is 0 Å². The number of anilines is 2. The van der Waals surface area contributed by atoms with Gasteiger partial charge in [-0.3, -0.25) is 9.89 Å². The van der Waals surface area contributed by atoms with Gasteiger partial charge in [0.15, 0.2) is 0 Å². The molecule has 9 heteroatoms. The Balaban J connectivity index is 1.76. The molecule has 7 nitrogen and oxygen atoms in total. The molecule has 2 heterocycles. The lowest BCUT2D eigenvalue weighted by atomic mass is 10.1. The summed E-state index contributed by atoms with van der Waals surface area (Å²) in [5, 5.41) is 13.6. The Kier molecular flexibility index (Phi) is 6.15. The van der Waals surface area contributed by atoms with Gasteiger partial charge in [0.05, 0.1) is 17.6 Å². The quantitative estimate of drug-likeness (QED) is 0.552. The predicted octanol–water partition coefficient (Wildman–Crippen LogP) is 2.97. The Bertz CT molecular complexity index is 909. The Labute approximate surface area is 160 Å². The van der Waals surface area contributed by atoms with E-state index in [-0.39, 0.29) is 17.4 Å². The molecule has 1 amide bonds. The highest BCUT2D eigenvalue weighted by atomic mass is 32.1. The minimum Gasteiger partial charge on any atom is -0.359 e. The molecule has 0 aliphatic rings. The zero-order valence-corrected chi connectivity index (χ0v) is 15.9. The van der Waals surface area contributed by atoms with Gasteiger partial charge in [-0.1, -0.05) is 12.1 Å². The van der Waals surface area contributed by atoms with Gasteiger partial charge in [-0.05, 0) is 43.7 Å². The Morgan fingerprint density at radius 2 is 2.19 bits per heavy atom. The van der Waals surface area contributed by atoms with Crippen LogP contribution in [0.1, 0.15) is 17.4 Å². The van der Waals surface area contributed by atoms with Gasteiger partial charge in [0, 0.05) is 25.2 Å². The molecule has 0 aliphatic heterocycles. The van der Waals surface area contributed by atoms with E-state index >= 15 is 0 Å². The van der Waals surface area contributed by atoms with Crippen LogP contribution in [-0.4, -0.2) is 47.2 Å². The van der Waals surface area contributed by atoms with Crippen LogP contribution in [0.5, 0.6) is 0 Å². The third-order valence-corrected chi connectivity index (χ3v) is 4.93. The van der Waals surface area contributed by atoms with Gasteiger partial charge < -0.3 is 15.5 Å². The average molecular weight is 388 g/mol. The molecular formula is C18H21FN6OS. The van der Waals surface area contributed by atoms with Crippen molar-refractivity contribution in [2.75, 3.05) is 36.9 Å². The van der Waals surface area contributed by atoms with Gasteiger partial charge in [-0.15, -0.1) is 0 Å². The van der Waals surface area contributed by atoms with E-state index in [0.29, 0.717) is 16.9 Å². The summed E-state index contributed by atoms with van der Waals surface area (Å²) in [7, 11) is 1.90. The molecule has 0 bridgehead atoms. The first-order valence-corrected chi connectivity index (χ1v) is 9.37. The molecule has 3 rings (SSSR count). The van der Waals surface area contributed by atoms with Crippen LogP contribution in [0, 0.1) is 5.82 Å². The summed E-state index contributed by atoms with van der Waals surface area (Å²) in [5.41, 5.74) is 1.62. The molecule has 1 aromatic carbocycles. The number of aromatic amines is 1. The van der Waals surface area contributed by atoms with E-state index in [1.54, 1.807) is 24.4 Å². The predicted molar refractivity (Wildman–Crippen MR) is 106 cm³/mol. The number of carbonyl (C=O) groups is 1. The standard InChI is InChI=1S/C18H21FN6OS/c1-3-25(9-8-20-2)18-16(11-21-27-18)22-17(26)15-10-14(23-24-15)12-6-4-5-7-13(12)19/h4-7,10-11,20H,3,8-9H2,1-2H3,(H,22,26)(H,23,24). The van der Waals surface area contributed by atoms with Crippen molar-refractivity contribution in [2.45, 2.75) is 6.92 Å². The van der Waals surface area contributed by atoms with E-state index in [1.807, 2.05) is 7.05 Å². The van der Waals surface area contributed by atoms with Crippen LogP contribution in [-0.2, 0) is 0 Å². The van der Waals surface area contributed by atoms with Crippen LogP contribution in [0.25, 0.3) is 11.3 Å². The summed E-state index contributed by atoms with van der Waals surface area (Å²) in [4.78, 5) is 14.7. The fourth-order valence-corrected chi connectivity index (χ4v) is 3.43. The molecular weight excluding hydrogens is 367 g/mol. The van der Waals surface area contributed by atoms with Crippen molar-refractivity contribution in [3.05, 3.63) is 48.0 Å². The second-order valence-corrected chi connectivity index (χ2v) is 6.61. The van der Waals surface area contributed by atoms with Gasteiger partial charge in [0.25, 0.3) is 5.91 Å². The third-order valence-electron chi connectivity index (χ3n) is 4.07. The summed E-state index contributed by atoms with van der Waals surface area (Å²) in [6, 6.07) is 7.84. The number of benzene rings is 1. The molecule has 0 atom stereocenters. The van der Waals surface area contributed by atoms with Crippen LogP contribution in [0.15, 0.2) is 36.5 Å². The Morgan fingerprint density at radius 1 is 1.37 bits per heavy atom. The highest BCUT2D eigenvalue weighted by molar-refractivity contribution is 7.11. The average Bonchev–Trinajstić information content (AvgIpc) is 3.33. The van der Waals surface area contributed by atoms with Crippen molar-refractivity contribution in [1.29, 1.82) is 0 Å². The number of H-pyrrole nitrogens is 1. The fourth-order valence-electron chi connectivity index (χ4n) is 2.63. The molecule has 0 radical (unpaired) electrons. The number of nitrogens with one attached hydrogen (secondary N) is 3. The first kappa shape index (κ1) is 19.0. The van der Waals surface area contributed by atoms with Crippen LogP contribution in [0.4, 0.5) is 15.1 Å².